The molecule has 0 bridgehead atoms. The maximum absolute atomic E-state index is 6.18. The lowest BCUT2D eigenvalue weighted by Gasteiger charge is -2.45. The van der Waals surface area contributed by atoms with Gasteiger partial charge in [-0.1, -0.05) is 37.5 Å². The van der Waals surface area contributed by atoms with Gasteiger partial charge >= 0.3 is 9.28 Å². The Labute approximate surface area is 162 Å². The average molecular weight is 415 g/mol. The average Bonchev–Trinajstić information content (AvgIpc) is 2.58. The van der Waals surface area contributed by atoms with Crippen LogP contribution in [0.2, 0.25) is 0 Å². The molecule has 0 aromatic rings. The lowest BCUT2D eigenvalue weighted by atomic mass is 9.60. The molecule has 0 aromatic carbocycles. The quantitative estimate of drug-likeness (QED) is 0.661. The maximum Gasteiger partial charge on any atom is 0.333 e. The van der Waals surface area contributed by atoms with E-state index in [0.29, 0.717) is 5.92 Å². The number of rotatable bonds is 3. The van der Waals surface area contributed by atoms with E-state index >= 15 is 0 Å². The van der Waals surface area contributed by atoms with Crippen molar-refractivity contribution >= 4 is 39.3 Å². The fraction of sp³-hybridized carbons (Fsp3) is 0.647. The van der Waals surface area contributed by atoms with Crippen LogP contribution in [-0.2, 0) is 16.5 Å². The van der Waals surface area contributed by atoms with Crippen LogP contribution >= 0.6 is 0 Å². The minimum atomic E-state index is -1.86. The Hall–Kier alpha value is -0.0725. The van der Waals surface area contributed by atoms with Gasteiger partial charge in [-0.05, 0) is 63.3 Å². The zero-order chi connectivity index (χ0) is 18.8. The summed E-state index contributed by atoms with van der Waals surface area (Å²) >= 11 is 0. The van der Waals surface area contributed by atoms with E-state index in [1.54, 1.807) is 0 Å². The number of allylic oxidation sites excluding steroid dienone is 6. The van der Waals surface area contributed by atoms with Crippen molar-refractivity contribution in [1.29, 1.82) is 0 Å². The molecule has 2 rings (SSSR count). The first-order chi connectivity index (χ1) is 11.8. The highest BCUT2D eigenvalue weighted by Gasteiger charge is 2.42. The Morgan fingerprint density at radius 1 is 1.04 bits per heavy atom. The normalized spacial score (nSPS) is 36.0. The van der Waals surface area contributed by atoms with Gasteiger partial charge in [0.2, 0.25) is 0 Å². The van der Waals surface area contributed by atoms with Crippen LogP contribution < -0.4 is 0 Å². The van der Waals surface area contributed by atoms with Crippen LogP contribution in [0.4, 0.5) is 0 Å². The molecule has 25 heavy (non-hydrogen) atoms. The van der Waals surface area contributed by atoms with Crippen molar-refractivity contribution in [3.63, 3.8) is 0 Å². The van der Waals surface area contributed by atoms with E-state index in [9.17, 15) is 0 Å². The van der Waals surface area contributed by atoms with Crippen LogP contribution in [0.1, 0.15) is 61.8 Å². The van der Waals surface area contributed by atoms with E-state index in [1.165, 1.54) is 33.1 Å². The molecule has 2 unspecified atom stereocenters. The summed E-state index contributed by atoms with van der Waals surface area (Å²) in [7, 11) is -4.57. The minimum Gasteiger partial charge on any atom is -0.425 e. The van der Waals surface area contributed by atoms with Crippen molar-refractivity contribution in [2.75, 3.05) is 0 Å². The fourth-order valence-electron chi connectivity index (χ4n) is 4.19. The van der Waals surface area contributed by atoms with Crippen LogP contribution in [-0.4, -0.2) is 39.3 Å². The maximum atomic E-state index is 6.18. The molecule has 0 spiro atoms. The second-order valence-corrected chi connectivity index (χ2v) is 15.4. The van der Waals surface area contributed by atoms with Gasteiger partial charge < -0.3 is 16.5 Å². The fourth-order valence-corrected chi connectivity index (χ4v) is 13.6. The monoisotopic (exact) mass is 414 g/mol. The molecule has 0 N–H and O–H groups in total. The zero-order valence-corrected chi connectivity index (χ0v) is 22.5. The van der Waals surface area contributed by atoms with Crippen molar-refractivity contribution in [3.05, 3.63) is 33.1 Å². The summed E-state index contributed by atoms with van der Waals surface area (Å²) in [6, 6.07) is 0. The third-order valence-electron chi connectivity index (χ3n) is 6.71. The van der Waals surface area contributed by atoms with Gasteiger partial charge in [0.1, 0.15) is 0 Å². The largest absolute Gasteiger partial charge is 0.425 e. The van der Waals surface area contributed by atoms with Gasteiger partial charge in [-0.25, -0.2) is 0 Å². The van der Waals surface area contributed by atoms with Crippen LogP contribution in [0, 0.1) is 11.3 Å². The molecular formula is C17H34O4Si4. The van der Waals surface area contributed by atoms with Crippen molar-refractivity contribution in [2.24, 2.45) is 11.3 Å². The van der Waals surface area contributed by atoms with Gasteiger partial charge in [0.05, 0.1) is 0 Å². The Morgan fingerprint density at radius 3 is 2.12 bits per heavy atom. The zero-order valence-electron chi connectivity index (χ0n) is 17.1. The summed E-state index contributed by atoms with van der Waals surface area (Å²) in [5, 5.41) is 1.41. The standard InChI is InChI=1S/C17H34O4Si4/c1-9-16(25-20-23-18-22-19-24-21-25)15(7)17(8)13(5)11(3)10(2)12(4)14(17)6/h13,25H,9,22-24H2,1-8H3. The van der Waals surface area contributed by atoms with Crippen molar-refractivity contribution in [3.8, 4) is 0 Å². The van der Waals surface area contributed by atoms with Crippen LogP contribution in [0.15, 0.2) is 33.1 Å². The van der Waals surface area contributed by atoms with Gasteiger partial charge in [-0.2, -0.15) is 0 Å². The SMILES string of the molecule is CCC(=C(C)C1(C)C(C)=C(C)C(C)=C(C)C1C)[SiH]1O[SiH2]O[SiH2]O[SiH2]O1. The molecule has 8 heteroatoms. The van der Waals surface area contributed by atoms with Gasteiger partial charge in [-0.15, -0.1) is 0 Å². The van der Waals surface area contributed by atoms with E-state index in [2.05, 4.69) is 55.4 Å². The molecular weight excluding hydrogens is 381 g/mol. The van der Waals surface area contributed by atoms with Crippen molar-refractivity contribution in [1.82, 2.24) is 0 Å². The third kappa shape index (κ3) is 3.96. The highest BCUT2D eigenvalue weighted by atomic mass is 28.4. The Kier molecular flexibility index (Phi) is 7.43. The summed E-state index contributed by atoms with van der Waals surface area (Å²) in [5.41, 5.74) is 7.36. The number of hydrogen-bond donors (Lipinski definition) is 0. The summed E-state index contributed by atoms with van der Waals surface area (Å²) < 4.78 is 23.6. The van der Waals surface area contributed by atoms with Crippen molar-refractivity contribution in [2.45, 2.75) is 61.8 Å². The first kappa shape index (κ1) is 21.2. The molecule has 0 saturated carbocycles. The second kappa shape index (κ2) is 8.74. The van der Waals surface area contributed by atoms with E-state index in [0.717, 1.165) is 6.42 Å². The highest BCUT2D eigenvalue weighted by Crippen LogP contribution is 2.52. The molecule has 0 radical (unpaired) electrons. The van der Waals surface area contributed by atoms with Crippen molar-refractivity contribution < 1.29 is 16.5 Å². The number of hydrogen-bond acceptors (Lipinski definition) is 4. The Bertz CT molecular complexity index is 606. The van der Waals surface area contributed by atoms with Gasteiger partial charge in [0, 0.05) is 5.41 Å². The van der Waals surface area contributed by atoms with E-state index < -0.39 is 39.3 Å². The molecule has 1 aliphatic carbocycles. The lowest BCUT2D eigenvalue weighted by molar-refractivity contribution is 0.323. The molecule has 1 fully saturated rings. The van der Waals surface area contributed by atoms with Gasteiger partial charge in [0.25, 0.3) is 30.0 Å². The molecule has 1 aliphatic heterocycles. The predicted molar refractivity (Wildman–Crippen MR) is 114 cm³/mol. The first-order valence-corrected chi connectivity index (χ1v) is 14.2. The highest BCUT2D eigenvalue weighted by molar-refractivity contribution is 6.65. The molecule has 0 aromatic heterocycles. The van der Waals surface area contributed by atoms with Crippen LogP contribution in [0.25, 0.3) is 0 Å². The predicted octanol–water partition coefficient (Wildman–Crippen LogP) is 1.88. The summed E-state index contributed by atoms with van der Waals surface area (Å²) in [5.74, 6) is 0.481. The Balaban J connectivity index is 2.49. The lowest BCUT2D eigenvalue weighted by Crippen LogP contribution is -2.39. The Morgan fingerprint density at radius 2 is 1.60 bits per heavy atom. The summed E-state index contributed by atoms with van der Waals surface area (Å²) in [6.45, 7) is 18.4. The van der Waals surface area contributed by atoms with Crippen LogP contribution in [0.5, 0.6) is 0 Å². The minimum absolute atomic E-state index is 0.0285. The van der Waals surface area contributed by atoms with E-state index in [1.807, 2.05) is 0 Å². The van der Waals surface area contributed by atoms with Gasteiger partial charge in [0.15, 0.2) is 0 Å². The van der Waals surface area contributed by atoms with Crippen LogP contribution in [0.3, 0.4) is 0 Å². The molecule has 2 aliphatic rings. The molecule has 0 amide bonds. The summed E-state index contributed by atoms with van der Waals surface area (Å²) in [6.07, 6.45) is 0.985. The summed E-state index contributed by atoms with van der Waals surface area (Å²) in [4.78, 5) is 0. The molecule has 1 heterocycles. The van der Waals surface area contributed by atoms with Gasteiger partial charge in [-0.3, -0.25) is 0 Å². The smallest absolute Gasteiger partial charge is 0.333 e. The molecule has 2 atom stereocenters. The van der Waals surface area contributed by atoms with E-state index in [-0.39, 0.29) is 5.41 Å². The molecule has 142 valence electrons. The molecule has 1 saturated heterocycles. The molecule has 4 nitrogen and oxygen atoms in total. The third-order valence-corrected chi connectivity index (χ3v) is 14.3. The second-order valence-electron chi connectivity index (χ2n) is 7.41. The topological polar surface area (TPSA) is 36.9 Å². The first-order valence-electron chi connectivity index (χ1n) is 9.21. The van der Waals surface area contributed by atoms with E-state index in [4.69, 9.17) is 16.5 Å².